The summed E-state index contributed by atoms with van der Waals surface area (Å²) in [6.45, 7) is 13.6. The fourth-order valence-electron chi connectivity index (χ4n) is 3.71. The predicted molar refractivity (Wildman–Crippen MR) is 84.4 cm³/mol. The van der Waals surface area contributed by atoms with E-state index in [1.807, 2.05) is 0 Å². The molecule has 3 nitrogen and oxygen atoms in total. The lowest BCUT2D eigenvalue weighted by Crippen LogP contribution is -2.65. The average Bonchev–Trinajstić information content (AvgIpc) is 2.38. The molecule has 1 rings (SSSR count). The average molecular weight is 269 g/mol. The Morgan fingerprint density at radius 1 is 1.26 bits per heavy atom. The van der Waals surface area contributed by atoms with Gasteiger partial charge >= 0.3 is 0 Å². The summed E-state index contributed by atoms with van der Waals surface area (Å²) in [6, 6.07) is 0.678. The van der Waals surface area contributed by atoms with E-state index < -0.39 is 0 Å². The Labute approximate surface area is 120 Å². The van der Waals surface area contributed by atoms with E-state index in [1.165, 1.54) is 38.8 Å². The predicted octanol–water partition coefficient (Wildman–Crippen LogP) is 2.56. The van der Waals surface area contributed by atoms with Crippen molar-refractivity contribution in [2.75, 3.05) is 33.2 Å². The molecule has 1 atom stereocenters. The van der Waals surface area contributed by atoms with Crippen LogP contribution in [0, 0.1) is 5.92 Å². The van der Waals surface area contributed by atoms with Crippen LogP contribution in [0.2, 0.25) is 0 Å². The number of piperidine rings is 1. The molecular weight excluding hydrogens is 234 g/mol. The van der Waals surface area contributed by atoms with Crippen molar-refractivity contribution in [2.45, 2.75) is 65.0 Å². The van der Waals surface area contributed by atoms with Crippen LogP contribution in [0.25, 0.3) is 0 Å². The van der Waals surface area contributed by atoms with Crippen LogP contribution in [0.15, 0.2) is 0 Å². The Morgan fingerprint density at radius 2 is 1.89 bits per heavy atom. The maximum absolute atomic E-state index is 6.26. The van der Waals surface area contributed by atoms with Gasteiger partial charge in [0, 0.05) is 31.2 Å². The first-order valence-corrected chi connectivity index (χ1v) is 8.14. The molecule has 19 heavy (non-hydrogen) atoms. The van der Waals surface area contributed by atoms with Crippen molar-refractivity contribution in [1.29, 1.82) is 0 Å². The van der Waals surface area contributed by atoms with E-state index in [2.05, 4.69) is 44.5 Å². The first kappa shape index (κ1) is 16.9. The molecule has 0 aromatic heterocycles. The van der Waals surface area contributed by atoms with Gasteiger partial charge in [0.1, 0.15) is 0 Å². The largest absolute Gasteiger partial charge is 0.329 e. The molecule has 0 radical (unpaired) electrons. The van der Waals surface area contributed by atoms with Crippen LogP contribution in [-0.2, 0) is 0 Å². The summed E-state index contributed by atoms with van der Waals surface area (Å²) in [6.07, 6.45) is 5.00. The minimum Gasteiger partial charge on any atom is -0.329 e. The number of nitrogens with zero attached hydrogens (tertiary/aromatic N) is 2. The van der Waals surface area contributed by atoms with Gasteiger partial charge in [-0.25, -0.2) is 0 Å². The van der Waals surface area contributed by atoms with Gasteiger partial charge in [-0.05, 0) is 45.2 Å². The van der Waals surface area contributed by atoms with E-state index in [9.17, 15) is 0 Å². The molecule has 1 fully saturated rings. The minimum absolute atomic E-state index is 0.202. The molecule has 1 saturated heterocycles. The highest BCUT2D eigenvalue weighted by atomic mass is 15.3. The van der Waals surface area contributed by atoms with Gasteiger partial charge in [0.2, 0.25) is 0 Å². The SMILES string of the molecule is CCC(CC)N(CC(C)C)C1(CN)CCCN(C)C1. The number of rotatable bonds is 7. The highest BCUT2D eigenvalue weighted by Crippen LogP contribution is 2.31. The van der Waals surface area contributed by atoms with E-state index in [-0.39, 0.29) is 5.54 Å². The standard InChI is InChI=1S/C16H35N3/c1-6-15(7-2)19(11-14(3)4)16(12-17)9-8-10-18(5)13-16/h14-15H,6-13,17H2,1-5H3. The van der Waals surface area contributed by atoms with Crippen molar-refractivity contribution in [3.63, 3.8) is 0 Å². The Hall–Kier alpha value is -0.120. The Bertz CT molecular complexity index is 250. The maximum Gasteiger partial charge on any atom is 0.0461 e. The van der Waals surface area contributed by atoms with Crippen LogP contribution in [0.4, 0.5) is 0 Å². The number of likely N-dealkylation sites (tertiary alicyclic amines) is 1. The number of hydrogen-bond acceptors (Lipinski definition) is 3. The van der Waals surface area contributed by atoms with Crippen LogP contribution in [0.3, 0.4) is 0 Å². The lowest BCUT2D eigenvalue weighted by molar-refractivity contribution is -0.0151. The van der Waals surface area contributed by atoms with Gasteiger partial charge in [-0.1, -0.05) is 27.7 Å². The molecule has 1 aliphatic heterocycles. The van der Waals surface area contributed by atoms with Gasteiger partial charge in [0.05, 0.1) is 0 Å². The zero-order valence-corrected chi connectivity index (χ0v) is 13.8. The molecule has 0 spiro atoms. The molecule has 3 heteroatoms. The second kappa shape index (κ2) is 7.61. The monoisotopic (exact) mass is 269 g/mol. The summed E-state index contributed by atoms with van der Waals surface area (Å²) in [5, 5.41) is 0. The van der Waals surface area contributed by atoms with Crippen molar-refractivity contribution in [3.8, 4) is 0 Å². The van der Waals surface area contributed by atoms with E-state index in [0.717, 1.165) is 13.1 Å². The van der Waals surface area contributed by atoms with Crippen molar-refractivity contribution >= 4 is 0 Å². The van der Waals surface area contributed by atoms with E-state index in [4.69, 9.17) is 5.73 Å². The molecule has 0 aromatic carbocycles. The third-order valence-corrected chi connectivity index (χ3v) is 4.68. The summed E-state index contributed by atoms with van der Waals surface area (Å²) < 4.78 is 0. The highest BCUT2D eigenvalue weighted by Gasteiger charge is 2.41. The van der Waals surface area contributed by atoms with Gasteiger partial charge in [-0.3, -0.25) is 4.90 Å². The quantitative estimate of drug-likeness (QED) is 0.771. The molecule has 114 valence electrons. The van der Waals surface area contributed by atoms with Crippen LogP contribution >= 0.6 is 0 Å². The topological polar surface area (TPSA) is 32.5 Å². The zero-order chi connectivity index (χ0) is 14.5. The second-order valence-corrected chi connectivity index (χ2v) is 6.79. The van der Waals surface area contributed by atoms with Crippen molar-refractivity contribution in [1.82, 2.24) is 9.80 Å². The van der Waals surface area contributed by atoms with Gasteiger partial charge in [0.25, 0.3) is 0 Å². The van der Waals surface area contributed by atoms with Gasteiger partial charge in [-0.15, -0.1) is 0 Å². The first-order chi connectivity index (χ1) is 8.99. The molecule has 1 unspecified atom stereocenters. The summed E-state index contributed by atoms with van der Waals surface area (Å²) in [5.41, 5.74) is 6.46. The molecule has 0 bridgehead atoms. The van der Waals surface area contributed by atoms with Gasteiger partial charge < -0.3 is 10.6 Å². The third-order valence-electron chi connectivity index (χ3n) is 4.68. The number of hydrogen-bond donors (Lipinski definition) is 1. The summed E-state index contributed by atoms with van der Waals surface area (Å²) in [4.78, 5) is 5.22. The first-order valence-electron chi connectivity index (χ1n) is 8.14. The molecule has 0 aliphatic carbocycles. The molecule has 1 aliphatic rings. The molecule has 0 saturated carbocycles. The molecule has 0 amide bonds. The summed E-state index contributed by atoms with van der Waals surface area (Å²) in [7, 11) is 2.24. The van der Waals surface area contributed by atoms with Crippen molar-refractivity contribution in [2.24, 2.45) is 11.7 Å². The second-order valence-electron chi connectivity index (χ2n) is 6.79. The maximum atomic E-state index is 6.26. The minimum atomic E-state index is 0.202. The summed E-state index contributed by atoms with van der Waals surface area (Å²) in [5.74, 6) is 0.705. The van der Waals surface area contributed by atoms with Gasteiger partial charge in [0.15, 0.2) is 0 Å². The Balaban J connectivity index is 2.96. The normalized spacial score (nSPS) is 25.7. The molecule has 0 aromatic rings. The fraction of sp³-hybridized carbons (Fsp3) is 1.00. The highest BCUT2D eigenvalue weighted by molar-refractivity contribution is 4.99. The van der Waals surface area contributed by atoms with Crippen molar-refractivity contribution in [3.05, 3.63) is 0 Å². The number of nitrogens with two attached hydrogens (primary N) is 1. The number of likely N-dealkylation sites (N-methyl/N-ethyl adjacent to an activating group) is 1. The Kier molecular flexibility index (Phi) is 6.78. The third kappa shape index (κ3) is 4.17. The van der Waals surface area contributed by atoms with Crippen LogP contribution in [-0.4, -0.2) is 54.6 Å². The summed E-state index contributed by atoms with van der Waals surface area (Å²) >= 11 is 0. The van der Waals surface area contributed by atoms with Crippen molar-refractivity contribution < 1.29 is 0 Å². The molecular formula is C16H35N3. The van der Waals surface area contributed by atoms with Crippen LogP contribution in [0.1, 0.15) is 53.4 Å². The smallest absolute Gasteiger partial charge is 0.0461 e. The molecule has 2 N–H and O–H groups in total. The van der Waals surface area contributed by atoms with E-state index in [0.29, 0.717) is 12.0 Å². The van der Waals surface area contributed by atoms with Crippen LogP contribution in [0.5, 0.6) is 0 Å². The van der Waals surface area contributed by atoms with E-state index in [1.54, 1.807) is 0 Å². The Morgan fingerprint density at radius 3 is 2.32 bits per heavy atom. The van der Waals surface area contributed by atoms with E-state index >= 15 is 0 Å². The van der Waals surface area contributed by atoms with Gasteiger partial charge in [-0.2, -0.15) is 0 Å². The van der Waals surface area contributed by atoms with Crippen LogP contribution < -0.4 is 5.73 Å². The lowest BCUT2D eigenvalue weighted by atomic mass is 9.84. The lowest BCUT2D eigenvalue weighted by Gasteiger charge is -2.52. The molecule has 1 heterocycles. The zero-order valence-electron chi connectivity index (χ0n) is 13.8. The fourth-order valence-corrected chi connectivity index (χ4v) is 3.71.